The summed E-state index contributed by atoms with van der Waals surface area (Å²) in [5, 5.41) is 8.98. The number of aliphatic carboxylic acids is 1. The molecular formula is C22H38O2. The molecule has 0 radical (unpaired) electrons. The Bertz CT molecular complexity index is 366. The van der Waals surface area contributed by atoms with E-state index in [4.69, 9.17) is 5.11 Å². The highest BCUT2D eigenvalue weighted by Crippen LogP contribution is 2.14. The zero-order valence-electron chi connectivity index (χ0n) is 15.9. The Morgan fingerprint density at radius 2 is 1.33 bits per heavy atom. The van der Waals surface area contributed by atoms with Crippen molar-refractivity contribution in [3.05, 3.63) is 36.5 Å². The van der Waals surface area contributed by atoms with Gasteiger partial charge >= 0.3 is 5.97 Å². The topological polar surface area (TPSA) is 37.3 Å². The predicted molar refractivity (Wildman–Crippen MR) is 105 cm³/mol. The summed E-state index contributed by atoms with van der Waals surface area (Å²) in [5.74, 6) is -0.786. The first kappa shape index (κ1) is 22.7. The lowest BCUT2D eigenvalue weighted by Gasteiger charge is -2.08. The third-order valence-corrected chi connectivity index (χ3v) is 4.28. The summed E-state index contributed by atoms with van der Waals surface area (Å²) in [6.45, 7) is 4.19. The summed E-state index contributed by atoms with van der Waals surface area (Å²) >= 11 is 0. The highest BCUT2D eigenvalue weighted by molar-refractivity contribution is 5.69. The molecule has 138 valence electrons. The predicted octanol–water partition coefficient (Wildman–Crippen LogP) is 7.08. The van der Waals surface area contributed by atoms with Crippen LogP contribution < -0.4 is 0 Å². The molecule has 0 saturated heterocycles. The van der Waals surface area contributed by atoms with Gasteiger partial charge in [0.25, 0.3) is 0 Å². The maximum Gasteiger partial charge on any atom is 0.306 e. The van der Waals surface area contributed by atoms with Crippen LogP contribution in [0.1, 0.15) is 90.9 Å². The van der Waals surface area contributed by atoms with Crippen LogP contribution in [0.3, 0.4) is 0 Å². The van der Waals surface area contributed by atoms with E-state index in [0.29, 0.717) is 0 Å². The molecule has 0 spiro atoms. The Morgan fingerprint density at radius 1 is 0.792 bits per heavy atom. The summed E-state index contributed by atoms with van der Waals surface area (Å²) in [5.41, 5.74) is 0. The number of carbonyl (C=O) groups is 1. The minimum atomic E-state index is -0.639. The molecule has 1 unspecified atom stereocenters. The molecule has 0 bridgehead atoms. The fourth-order valence-electron chi connectivity index (χ4n) is 2.62. The Kier molecular flexibility index (Phi) is 17.1. The van der Waals surface area contributed by atoms with Gasteiger partial charge in [0.15, 0.2) is 0 Å². The third-order valence-electron chi connectivity index (χ3n) is 4.28. The van der Waals surface area contributed by atoms with E-state index in [0.717, 1.165) is 51.4 Å². The second kappa shape index (κ2) is 18.0. The second-order valence-electron chi connectivity index (χ2n) is 6.46. The number of hydrogen-bond donors (Lipinski definition) is 1. The molecule has 0 aromatic rings. The van der Waals surface area contributed by atoms with Crippen LogP contribution in [0.25, 0.3) is 0 Å². The summed E-state index contributed by atoms with van der Waals surface area (Å²) in [6, 6.07) is 0. The minimum Gasteiger partial charge on any atom is -0.481 e. The van der Waals surface area contributed by atoms with Crippen LogP contribution in [-0.2, 0) is 4.79 Å². The van der Waals surface area contributed by atoms with Gasteiger partial charge in [0.05, 0.1) is 5.92 Å². The van der Waals surface area contributed by atoms with E-state index >= 15 is 0 Å². The van der Waals surface area contributed by atoms with E-state index in [1.165, 1.54) is 25.7 Å². The smallest absolute Gasteiger partial charge is 0.306 e. The van der Waals surface area contributed by atoms with Crippen molar-refractivity contribution in [2.45, 2.75) is 90.9 Å². The maximum absolute atomic E-state index is 10.9. The van der Waals surface area contributed by atoms with Crippen LogP contribution in [0.15, 0.2) is 36.5 Å². The van der Waals surface area contributed by atoms with E-state index in [1.54, 1.807) is 0 Å². The molecule has 1 N–H and O–H groups in total. The summed E-state index contributed by atoms with van der Waals surface area (Å²) in [7, 11) is 0. The molecule has 0 aliphatic heterocycles. The van der Waals surface area contributed by atoms with E-state index in [-0.39, 0.29) is 5.92 Å². The van der Waals surface area contributed by atoms with Crippen molar-refractivity contribution in [3.63, 3.8) is 0 Å². The molecule has 2 heteroatoms. The van der Waals surface area contributed by atoms with Gasteiger partial charge < -0.3 is 5.11 Å². The number of rotatable bonds is 16. The first-order valence-electron chi connectivity index (χ1n) is 9.90. The number of unbranched alkanes of at least 4 members (excludes halogenated alkanes) is 6. The molecule has 0 aromatic heterocycles. The number of allylic oxidation sites excluding steroid dienone is 6. The molecule has 0 aliphatic rings. The van der Waals surface area contributed by atoms with Crippen LogP contribution in [0.4, 0.5) is 0 Å². The summed E-state index contributed by atoms with van der Waals surface area (Å²) < 4.78 is 0. The summed E-state index contributed by atoms with van der Waals surface area (Å²) in [4.78, 5) is 10.9. The van der Waals surface area contributed by atoms with Gasteiger partial charge in [0, 0.05) is 0 Å². The van der Waals surface area contributed by atoms with Crippen molar-refractivity contribution < 1.29 is 9.90 Å². The molecule has 0 heterocycles. The molecule has 0 aromatic carbocycles. The van der Waals surface area contributed by atoms with Gasteiger partial charge in [0.2, 0.25) is 0 Å². The van der Waals surface area contributed by atoms with Crippen molar-refractivity contribution in [2.75, 3.05) is 0 Å². The third kappa shape index (κ3) is 15.6. The minimum absolute atomic E-state index is 0.147. The van der Waals surface area contributed by atoms with E-state index in [9.17, 15) is 4.79 Å². The van der Waals surface area contributed by atoms with Crippen LogP contribution in [0.2, 0.25) is 0 Å². The van der Waals surface area contributed by atoms with E-state index in [2.05, 4.69) is 43.4 Å². The van der Waals surface area contributed by atoms with Gasteiger partial charge in [-0.05, 0) is 51.4 Å². The fraction of sp³-hybridized carbons (Fsp3) is 0.682. The average Bonchev–Trinajstić information content (AvgIpc) is 2.57. The van der Waals surface area contributed by atoms with Gasteiger partial charge in [-0.25, -0.2) is 0 Å². The summed E-state index contributed by atoms with van der Waals surface area (Å²) in [6.07, 6.45) is 26.7. The molecule has 0 fully saturated rings. The quantitative estimate of drug-likeness (QED) is 0.242. The molecule has 0 rings (SSSR count). The molecule has 24 heavy (non-hydrogen) atoms. The van der Waals surface area contributed by atoms with Crippen molar-refractivity contribution in [2.24, 2.45) is 5.92 Å². The Balaban J connectivity index is 3.43. The van der Waals surface area contributed by atoms with Crippen molar-refractivity contribution in [1.82, 2.24) is 0 Å². The average molecular weight is 335 g/mol. The molecular weight excluding hydrogens is 296 g/mol. The Morgan fingerprint density at radius 3 is 1.83 bits per heavy atom. The first-order valence-corrected chi connectivity index (χ1v) is 9.90. The Labute approximate surface area is 149 Å². The Hall–Kier alpha value is -1.31. The fourth-order valence-corrected chi connectivity index (χ4v) is 2.62. The maximum atomic E-state index is 10.9. The van der Waals surface area contributed by atoms with Crippen LogP contribution in [-0.4, -0.2) is 11.1 Å². The lowest BCUT2D eigenvalue weighted by Crippen LogP contribution is -2.12. The number of hydrogen-bond acceptors (Lipinski definition) is 1. The van der Waals surface area contributed by atoms with E-state index in [1.807, 2.05) is 6.92 Å². The zero-order valence-corrected chi connectivity index (χ0v) is 15.9. The SMILES string of the molecule is CCCCC/C=C/C/C=C/C/C=C/CCCCCC(CC)C(=O)O. The lowest BCUT2D eigenvalue weighted by molar-refractivity contribution is -0.142. The van der Waals surface area contributed by atoms with Gasteiger partial charge in [0.1, 0.15) is 0 Å². The van der Waals surface area contributed by atoms with Crippen molar-refractivity contribution >= 4 is 5.97 Å². The van der Waals surface area contributed by atoms with Gasteiger partial charge in [-0.1, -0.05) is 76.0 Å². The standard InChI is InChI=1S/C22H38O2/c1-3-5-6-7-8-9-10-11-12-13-14-15-16-17-18-19-20-21(4-2)22(23)24/h8-9,11-12,14-15,21H,3-7,10,13,16-20H2,1-2H3,(H,23,24)/b9-8+,12-11+,15-14+. The number of carboxylic acids is 1. The second-order valence-corrected chi connectivity index (χ2v) is 6.46. The first-order chi connectivity index (χ1) is 11.7. The molecule has 0 saturated carbocycles. The van der Waals surface area contributed by atoms with Crippen molar-refractivity contribution in [3.8, 4) is 0 Å². The zero-order chi connectivity index (χ0) is 17.9. The lowest BCUT2D eigenvalue weighted by atomic mass is 9.98. The highest BCUT2D eigenvalue weighted by Gasteiger charge is 2.13. The monoisotopic (exact) mass is 334 g/mol. The normalized spacial score (nSPS) is 13.4. The van der Waals surface area contributed by atoms with Crippen LogP contribution >= 0.6 is 0 Å². The highest BCUT2D eigenvalue weighted by atomic mass is 16.4. The largest absolute Gasteiger partial charge is 0.481 e. The molecule has 0 amide bonds. The molecule has 2 nitrogen and oxygen atoms in total. The van der Waals surface area contributed by atoms with Crippen LogP contribution in [0.5, 0.6) is 0 Å². The van der Waals surface area contributed by atoms with E-state index < -0.39 is 5.97 Å². The van der Waals surface area contributed by atoms with Gasteiger partial charge in [-0.15, -0.1) is 0 Å². The van der Waals surface area contributed by atoms with Crippen molar-refractivity contribution in [1.29, 1.82) is 0 Å². The molecule has 1 atom stereocenters. The number of carboxylic acid groups (broad SMARTS) is 1. The molecule has 0 aliphatic carbocycles. The van der Waals surface area contributed by atoms with Crippen LogP contribution in [0, 0.1) is 5.92 Å². The van der Waals surface area contributed by atoms with Gasteiger partial charge in [-0.2, -0.15) is 0 Å². The van der Waals surface area contributed by atoms with Gasteiger partial charge in [-0.3, -0.25) is 4.79 Å².